The van der Waals surface area contributed by atoms with Gasteiger partial charge in [-0.1, -0.05) is 25.7 Å². The van der Waals surface area contributed by atoms with Crippen molar-refractivity contribution in [3.8, 4) is 5.75 Å². The maximum atomic E-state index is 12.3. The number of fused-ring (bicyclic) bond motifs is 1. The summed E-state index contributed by atoms with van der Waals surface area (Å²) >= 11 is 0. The van der Waals surface area contributed by atoms with Crippen molar-refractivity contribution in [1.29, 1.82) is 0 Å². The van der Waals surface area contributed by atoms with Crippen LogP contribution in [0.5, 0.6) is 5.75 Å². The number of methoxy groups -OCH3 is 1. The zero-order chi connectivity index (χ0) is 27.2. The fourth-order valence-corrected chi connectivity index (χ4v) is 4.29. The summed E-state index contributed by atoms with van der Waals surface area (Å²) in [6, 6.07) is 9.68. The second-order valence-corrected chi connectivity index (χ2v) is 15.4. The first-order valence-electron chi connectivity index (χ1n) is 11.7. The molecule has 2 aromatic carbocycles. The van der Waals surface area contributed by atoms with Crippen LogP contribution < -0.4 is 4.74 Å². The van der Waals surface area contributed by atoms with Crippen LogP contribution in [0.1, 0.15) is 11.1 Å². The molecule has 0 saturated heterocycles. The van der Waals surface area contributed by atoms with Crippen molar-refractivity contribution >= 4 is 36.8 Å². The molecule has 1 aromatic heterocycles. The van der Waals surface area contributed by atoms with Gasteiger partial charge < -0.3 is 18.9 Å². The zero-order valence-electron chi connectivity index (χ0n) is 21.6. The molecular weight excluding hydrogens is 498 g/mol. The second kappa shape index (κ2) is 12.0. The number of ether oxygens (including phenoxy) is 4. The predicted octanol–water partition coefficient (Wildman–Crippen LogP) is 4.86. The minimum Gasteiger partial charge on any atom is -0.466 e. The third-order valence-corrected chi connectivity index (χ3v) is 7.24. The number of esters is 1. The van der Waals surface area contributed by atoms with Crippen LogP contribution in [0, 0.1) is 17.0 Å². The zero-order valence-corrected chi connectivity index (χ0v) is 22.6. The lowest BCUT2D eigenvalue weighted by Crippen LogP contribution is -2.31. The smallest absolute Gasteiger partial charge is 0.466 e. The minimum absolute atomic E-state index is 0.0362. The van der Waals surface area contributed by atoms with Gasteiger partial charge in [-0.2, -0.15) is 5.10 Å². The number of nitro groups is 1. The van der Waals surface area contributed by atoms with Crippen molar-refractivity contribution < 1.29 is 33.5 Å². The van der Waals surface area contributed by atoms with Crippen LogP contribution in [0.2, 0.25) is 25.7 Å². The number of benzene rings is 2. The van der Waals surface area contributed by atoms with Gasteiger partial charge in [0.25, 0.3) is 5.69 Å². The van der Waals surface area contributed by atoms with Crippen LogP contribution in [-0.4, -0.2) is 54.7 Å². The Kier molecular flexibility index (Phi) is 9.00. The largest absolute Gasteiger partial charge is 0.514 e. The summed E-state index contributed by atoms with van der Waals surface area (Å²) < 4.78 is 22.6. The molecule has 0 N–H and O–H groups in total. The number of hydrogen-bond donors (Lipinski definition) is 0. The number of aromatic nitrogens is 2. The van der Waals surface area contributed by atoms with Crippen molar-refractivity contribution in [2.75, 3.05) is 13.7 Å². The molecule has 0 aliphatic heterocycles. The Morgan fingerprint density at radius 2 is 1.86 bits per heavy atom. The molecule has 0 bridgehead atoms. The maximum Gasteiger partial charge on any atom is 0.514 e. The summed E-state index contributed by atoms with van der Waals surface area (Å²) in [5, 5.41) is 16.3. The topological polar surface area (TPSA) is 132 Å². The maximum absolute atomic E-state index is 12.3. The first-order chi connectivity index (χ1) is 17.4. The Balaban J connectivity index is 1.68. The fourth-order valence-electron chi connectivity index (χ4n) is 3.53. The molecule has 1 heterocycles. The van der Waals surface area contributed by atoms with Crippen LogP contribution in [0.4, 0.5) is 10.5 Å². The molecule has 0 unspecified atom stereocenters. The van der Waals surface area contributed by atoms with Crippen LogP contribution >= 0.6 is 0 Å². The highest BCUT2D eigenvalue weighted by Crippen LogP contribution is 2.22. The number of nitrogens with zero attached hydrogens (tertiary/aromatic N) is 3. The molecule has 0 aliphatic rings. The quantitative estimate of drug-likeness (QED) is 0.0852. The Bertz CT molecular complexity index is 1270. The first kappa shape index (κ1) is 27.8. The lowest BCUT2D eigenvalue weighted by atomic mass is 10.0. The standard InChI is InChI=1S/C25H31N3O8Si/c1-17-12-18(13-22-21(17)15-27(26-22)16-34-10-11-37(3,4)5)14-23(24(29)33-2)36-25(30)35-20-8-6-19(7-9-20)28(31)32/h6-9,12-13,15,23H,10-11,14,16H2,1-5H3/t23-/m1/s1. The van der Waals surface area contributed by atoms with Gasteiger partial charge in [-0.05, 0) is 42.3 Å². The van der Waals surface area contributed by atoms with Gasteiger partial charge in [0.15, 0.2) is 0 Å². The van der Waals surface area contributed by atoms with Gasteiger partial charge >= 0.3 is 12.1 Å². The molecule has 3 rings (SSSR count). The molecule has 0 fully saturated rings. The van der Waals surface area contributed by atoms with E-state index in [1.165, 1.54) is 31.4 Å². The highest BCUT2D eigenvalue weighted by Gasteiger charge is 2.26. The molecule has 0 aliphatic carbocycles. The van der Waals surface area contributed by atoms with Crippen molar-refractivity contribution in [3.05, 3.63) is 63.8 Å². The SMILES string of the molecule is COC(=O)[C@@H](Cc1cc(C)c2cn(COCC[Si](C)(C)C)nc2c1)OC(=O)Oc1ccc([N+](=O)[O-])cc1. The third-order valence-electron chi connectivity index (χ3n) is 5.53. The van der Waals surface area contributed by atoms with E-state index in [-0.39, 0.29) is 17.9 Å². The molecule has 0 radical (unpaired) electrons. The molecule has 37 heavy (non-hydrogen) atoms. The van der Waals surface area contributed by atoms with E-state index >= 15 is 0 Å². The van der Waals surface area contributed by atoms with Gasteiger partial charge in [0.1, 0.15) is 12.5 Å². The molecule has 198 valence electrons. The number of aryl methyl sites for hydroxylation is 1. The van der Waals surface area contributed by atoms with E-state index in [0.29, 0.717) is 18.9 Å². The number of carbonyl (C=O) groups excluding carboxylic acids is 2. The van der Waals surface area contributed by atoms with E-state index in [1.54, 1.807) is 4.68 Å². The summed E-state index contributed by atoms with van der Waals surface area (Å²) in [6.45, 7) is 9.85. The molecule has 3 aromatic rings. The lowest BCUT2D eigenvalue weighted by molar-refractivity contribution is -0.384. The van der Waals surface area contributed by atoms with E-state index in [0.717, 1.165) is 22.5 Å². The molecule has 12 heteroatoms. The van der Waals surface area contributed by atoms with Crippen molar-refractivity contribution in [2.45, 2.75) is 51.9 Å². The average molecular weight is 530 g/mol. The lowest BCUT2D eigenvalue weighted by Gasteiger charge is -2.16. The molecule has 1 atom stereocenters. The number of nitro benzene ring substituents is 1. The van der Waals surface area contributed by atoms with Crippen molar-refractivity contribution in [2.24, 2.45) is 0 Å². The van der Waals surface area contributed by atoms with Crippen LogP contribution in [0.3, 0.4) is 0 Å². The van der Waals surface area contributed by atoms with E-state index in [4.69, 9.17) is 18.9 Å². The van der Waals surface area contributed by atoms with Gasteiger partial charge in [-0.15, -0.1) is 0 Å². The average Bonchev–Trinajstić information content (AvgIpc) is 3.24. The summed E-state index contributed by atoms with van der Waals surface area (Å²) in [6.07, 6.45) is -0.446. The van der Waals surface area contributed by atoms with Crippen LogP contribution in [-0.2, 0) is 32.2 Å². The van der Waals surface area contributed by atoms with E-state index in [1.807, 2.05) is 25.3 Å². The Labute approximate surface area is 215 Å². The van der Waals surface area contributed by atoms with Gasteiger partial charge in [0.2, 0.25) is 6.10 Å². The third kappa shape index (κ3) is 8.12. The van der Waals surface area contributed by atoms with Crippen molar-refractivity contribution in [1.82, 2.24) is 9.78 Å². The monoisotopic (exact) mass is 529 g/mol. The molecule has 0 amide bonds. The van der Waals surface area contributed by atoms with Gasteiger partial charge in [-0.3, -0.25) is 10.1 Å². The highest BCUT2D eigenvalue weighted by molar-refractivity contribution is 6.76. The minimum atomic E-state index is -1.26. The fraction of sp³-hybridized carbons (Fsp3) is 0.400. The number of hydrogen-bond acceptors (Lipinski definition) is 9. The second-order valence-electron chi connectivity index (χ2n) is 9.80. The van der Waals surface area contributed by atoms with E-state index in [2.05, 4.69) is 24.7 Å². The summed E-state index contributed by atoms with van der Waals surface area (Å²) in [5.74, 6) is -0.714. The van der Waals surface area contributed by atoms with Gasteiger partial charge in [0.05, 0.1) is 17.5 Å². The molecule has 0 saturated carbocycles. The van der Waals surface area contributed by atoms with Crippen molar-refractivity contribution in [3.63, 3.8) is 0 Å². The van der Waals surface area contributed by atoms with E-state index < -0.39 is 31.2 Å². The predicted molar refractivity (Wildman–Crippen MR) is 138 cm³/mol. The summed E-state index contributed by atoms with van der Waals surface area (Å²) in [7, 11) is 0.0190. The molecular formula is C25H31N3O8Si. The first-order valence-corrected chi connectivity index (χ1v) is 15.4. The Hall–Kier alpha value is -3.77. The van der Waals surface area contributed by atoms with Crippen LogP contribution in [0.25, 0.3) is 10.9 Å². The summed E-state index contributed by atoms with van der Waals surface area (Å²) in [5.41, 5.74) is 2.23. The highest BCUT2D eigenvalue weighted by atomic mass is 28.3. The molecule has 11 nitrogen and oxygen atoms in total. The van der Waals surface area contributed by atoms with Gasteiger partial charge in [-0.25, -0.2) is 14.3 Å². The van der Waals surface area contributed by atoms with Gasteiger partial charge in [0, 0.05) is 44.8 Å². The normalized spacial score (nSPS) is 12.2. The number of rotatable bonds is 11. The molecule has 0 spiro atoms. The Morgan fingerprint density at radius 3 is 2.49 bits per heavy atom. The van der Waals surface area contributed by atoms with Crippen LogP contribution in [0.15, 0.2) is 42.6 Å². The number of carbonyl (C=O) groups is 2. The summed E-state index contributed by atoms with van der Waals surface area (Å²) in [4.78, 5) is 34.8. The number of non-ortho nitro benzene ring substituents is 1. The van der Waals surface area contributed by atoms with E-state index in [9.17, 15) is 19.7 Å². The Morgan fingerprint density at radius 1 is 1.16 bits per heavy atom.